The number of hydrogen-bond acceptors (Lipinski definition) is 2. The highest BCUT2D eigenvalue weighted by atomic mass is 16.4. The Bertz CT molecular complexity index is 1050. The number of nitrogens with zero attached hydrogens (tertiary/aromatic N) is 2. The van der Waals surface area contributed by atoms with E-state index >= 15 is 0 Å². The molecule has 1 unspecified atom stereocenters. The first kappa shape index (κ1) is 20.6. The van der Waals surface area contributed by atoms with Crippen LogP contribution in [0.25, 0.3) is 11.6 Å². The normalized spacial score (nSPS) is 12.8. The van der Waals surface area contributed by atoms with Gasteiger partial charge < -0.3 is 5.11 Å². The van der Waals surface area contributed by atoms with E-state index in [1.54, 1.807) is 0 Å². The van der Waals surface area contributed by atoms with E-state index in [0.717, 1.165) is 34.6 Å². The third-order valence-electron chi connectivity index (χ3n) is 5.25. The van der Waals surface area contributed by atoms with E-state index in [1.807, 2.05) is 54.1 Å². The molecule has 0 aliphatic rings. The van der Waals surface area contributed by atoms with Gasteiger partial charge in [0.15, 0.2) is 0 Å². The van der Waals surface area contributed by atoms with Crippen LogP contribution in [0.5, 0.6) is 0 Å². The summed E-state index contributed by atoms with van der Waals surface area (Å²) in [6.07, 6.45) is 2.54. The highest BCUT2D eigenvalue weighted by molar-refractivity contribution is 5.80. The van der Waals surface area contributed by atoms with Gasteiger partial charge in [0.1, 0.15) is 0 Å². The number of carbonyl (C=O) groups is 1. The van der Waals surface area contributed by atoms with E-state index in [9.17, 15) is 9.90 Å². The van der Waals surface area contributed by atoms with Crippen LogP contribution in [0.4, 0.5) is 0 Å². The van der Waals surface area contributed by atoms with Gasteiger partial charge in [-0.3, -0.25) is 9.48 Å². The van der Waals surface area contributed by atoms with E-state index in [2.05, 4.69) is 39.0 Å². The summed E-state index contributed by atoms with van der Waals surface area (Å²) in [4.78, 5) is 11.9. The molecule has 0 amide bonds. The Hall–Kier alpha value is -3.14. The van der Waals surface area contributed by atoms with E-state index in [0.29, 0.717) is 6.42 Å². The van der Waals surface area contributed by atoms with Crippen molar-refractivity contribution in [2.75, 3.05) is 0 Å². The van der Waals surface area contributed by atoms with Crippen molar-refractivity contribution < 1.29 is 9.90 Å². The fourth-order valence-electron chi connectivity index (χ4n) is 3.63. The third-order valence-corrected chi connectivity index (χ3v) is 5.25. The highest BCUT2D eigenvalue weighted by Gasteiger charge is 2.22. The van der Waals surface area contributed by atoms with Crippen LogP contribution in [0.3, 0.4) is 0 Å². The first-order chi connectivity index (χ1) is 13.9. The number of aryl methyl sites for hydroxylation is 3. The Kier molecular flexibility index (Phi) is 6.32. The first-order valence-electron chi connectivity index (χ1n) is 9.99. The SMILES string of the molecule is CCn1nc(CC(C(=O)O)c2cccc(C)c2)cc1/C(C)=C/c1ccccc1C. The van der Waals surface area contributed by atoms with Crippen LogP contribution in [0.2, 0.25) is 0 Å². The van der Waals surface area contributed by atoms with Crippen molar-refractivity contribution in [3.63, 3.8) is 0 Å². The molecule has 29 heavy (non-hydrogen) atoms. The van der Waals surface area contributed by atoms with Crippen LogP contribution in [0.15, 0.2) is 54.6 Å². The Morgan fingerprint density at radius 1 is 1.14 bits per heavy atom. The van der Waals surface area contributed by atoms with Crippen molar-refractivity contribution in [2.24, 2.45) is 0 Å². The lowest BCUT2D eigenvalue weighted by atomic mass is 9.93. The molecule has 0 aliphatic heterocycles. The molecule has 0 aliphatic carbocycles. The van der Waals surface area contributed by atoms with Crippen molar-refractivity contribution >= 4 is 17.6 Å². The number of benzene rings is 2. The minimum atomic E-state index is -0.824. The van der Waals surface area contributed by atoms with Crippen molar-refractivity contribution in [1.29, 1.82) is 0 Å². The smallest absolute Gasteiger partial charge is 0.311 e. The van der Waals surface area contributed by atoms with Gasteiger partial charge in [-0.05, 0) is 62.1 Å². The molecular formula is C25H28N2O2. The predicted molar refractivity (Wildman–Crippen MR) is 118 cm³/mol. The van der Waals surface area contributed by atoms with Gasteiger partial charge in [0.05, 0.1) is 17.3 Å². The lowest BCUT2D eigenvalue weighted by Crippen LogP contribution is -2.15. The summed E-state index contributed by atoms with van der Waals surface area (Å²) < 4.78 is 1.95. The van der Waals surface area contributed by atoms with Gasteiger partial charge in [0.2, 0.25) is 0 Å². The quantitative estimate of drug-likeness (QED) is 0.582. The van der Waals surface area contributed by atoms with Gasteiger partial charge >= 0.3 is 5.97 Å². The molecule has 4 nitrogen and oxygen atoms in total. The standard InChI is InChI=1S/C25H28N2O2/c1-5-27-24(19(4)14-20-11-7-6-10-18(20)3)16-22(26-27)15-23(25(28)29)21-12-8-9-17(2)13-21/h6-14,16,23H,5,15H2,1-4H3,(H,28,29)/b19-14+. The topological polar surface area (TPSA) is 55.1 Å². The number of carboxylic acid groups (broad SMARTS) is 1. The summed E-state index contributed by atoms with van der Waals surface area (Å²) in [6.45, 7) is 8.94. The summed E-state index contributed by atoms with van der Waals surface area (Å²) in [5, 5.41) is 14.5. The first-order valence-corrected chi connectivity index (χ1v) is 9.99. The zero-order valence-corrected chi connectivity index (χ0v) is 17.5. The molecule has 3 aromatic rings. The van der Waals surface area contributed by atoms with Crippen molar-refractivity contribution in [1.82, 2.24) is 9.78 Å². The number of allylic oxidation sites excluding steroid dienone is 1. The summed E-state index contributed by atoms with van der Waals surface area (Å²) in [6, 6.07) is 18.0. The molecule has 0 bridgehead atoms. The molecule has 1 heterocycles. The Labute approximate surface area is 172 Å². The molecule has 4 heteroatoms. The summed E-state index contributed by atoms with van der Waals surface area (Å²) >= 11 is 0. The number of rotatable bonds is 7. The fraction of sp³-hybridized carbons (Fsp3) is 0.280. The Balaban J connectivity index is 1.93. The molecule has 1 aromatic heterocycles. The predicted octanol–water partition coefficient (Wildman–Crippen LogP) is 5.49. The molecule has 0 fully saturated rings. The van der Waals surface area contributed by atoms with Crippen LogP contribution < -0.4 is 0 Å². The van der Waals surface area contributed by atoms with Gasteiger partial charge in [-0.2, -0.15) is 5.10 Å². The lowest BCUT2D eigenvalue weighted by Gasteiger charge is -2.12. The van der Waals surface area contributed by atoms with Crippen LogP contribution in [-0.2, 0) is 17.8 Å². The monoisotopic (exact) mass is 388 g/mol. The van der Waals surface area contributed by atoms with Crippen molar-refractivity contribution in [2.45, 2.75) is 46.6 Å². The second kappa shape index (κ2) is 8.91. The number of hydrogen-bond donors (Lipinski definition) is 1. The third kappa shape index (κ3) is 4.83. The number of aromatic nitrogens is 2. The largest absolute Gasteiger partial charge is 0.481 e. The van der Waals surface area contributed by atoms with Crippen LogP contribution in [-0.4, -0.2) is 20.9 Å². The molecule has 1 atom stereocenters. The minimum absolute atomic E-state index is 0.371. The van der Waals surface area contributed by atoms with Gasteiger partial charge in [-0.25, -0.2) is 0 Å². The van der Waals surface area contributed by atoms with Crippen LogP contribution in [0.1, 0.15) is 53.4 Å². The zero-order chi connectivity index (χ0) is 21.0. The highest BCUT2D eigenvalue weighted by Crippen LogP contribution is 2.25. The molecule has 0 radical (unpaired) electrons. The van der Waals surface area contributed by atoms with Crippen LogP contribution >= 0.6 is 0 Å². The summed E-state index contributed by atoms with van der Waals surface area (Å²) in [5.74, 6) is -1.43. The molecule has 0 spiro atoms. The van der Waals surface area contributed by atoms with Crippen LogP contribution in [0, 0.1) is 13.8 Å². The van der Waals surface area contributed by atoms with E-state index in [4.69, 9.17) is 5.10 Å². The number of aliphatic carboxylic acids is 1. The molecule has 0 saturated heterocycles. The molecule has 1 N–H and O–H groups in total. The average molecular weight is 389 g/mol. The molecule has 0 saturated carbocycles. The van der Waals surface area contributed by atoms with E-state index in [-0.39, 0.29) is 0 Å². The van der Waals surface area contributed by atoms with E-state index in [1.165, 1.54) is 11.1 Å². The van der Waals surface area contributed by atoms with Gasteiger partial charge in [0, 0.05) is 13.0 Å². The maximum Gasteiger partial charge on any atom is 0.311 e. The minimum Gasteiger partial charge on any atom is -0.481 e. The lowest BCUT2D eigenvalue weighted by molar-refractivity contribution is -0.138. The number of carboxylic acids is 1. The second-order valence-electron chi connectivity index (χ2n) is 7.53. The summed E-state index contributed by atoms with van der Waals surface area (Å²) in [5.41, 5.74) is 7.22. The molecule has 2 aromatic carbocycles. The summed E-state index contributed by atoms with van der Waals surface area (Å²) in [7, 11) is 0. The van der Waals surface area contributed by atoms with Gasteiger partial charge in [-0.15, -0.1) is 0 Å². The second-order valence-corrected chi connectivity index (χ2v) is 7.53. The molecule has 150 valence electrons. The van der Waals surface area contributed by atoms with Crippen molar-refractivity contribution in [3.8, 4) is 0 Å². The average Bonchev–Trinajstić information content (AvgIpc) is 3.11. The van der Waals surface area contributed by atoms with E-state index < -0.39 is 11.9 Å². The zero-order valence-electron chi connectivity index (χ0n) is 17.5. The molecular weight excluding hydrogens is 360 g/mol. The Morgan fingerprint density at radius 3 is 2.55 bits per heavy atom. The maximum atomic E-state index is 11.9. The van der Waals surface area contributed by atoms with Gasteiger partial charge in [0.25, 0.3) is 0 Å². The fourth-order valence-corrected chi connectivity index (χ4v) is 3.63. The van der Waals surface area contributed by atoms with Crippen molar-refractivity contribution in [3.05, 3.63) is 88.2 Å². The van der Waals surface area contributed by atoms with Gasteiger partial charge in [-0.1, -0.05) is 54.1 Å². The molecule has 3 rings (SSSR count). The maximum absolute atomic E-state index is 11.9. The Morgan fingerprint density at radius 2 is 1.90 bits per heavy atom.